The summed E-state index contributed by atoms with van der Waals surface area (Å²) in [5.74, 6) is 0.961. The van der Waals surface area contributed by atoms with Gasteiger partial charge in [-0.1, -0.05) is 12.1 Å². The quantitative estimate of drug-likeness (QED) is 0.639. The summed E-state index contributed by atoms with van der Waals surface area (Å²) >= 11 is 0. The number of hydrogen-bond acceptors (Lipinski definition) is 7. The van der Waals surface area contributed by atoms with Crippen LogP contribution in [-0.2, 0) is 19.6 Å². The number of para-hydroxylation sites is 2. The van der Waals surface area contributed by atoms with Crippen molar-refractivity contribution < 1.29 is 32.2 Å². The largest absolute Gasteiger partial charge is 0.486 e. The fraction of sp³-hybridized carbons (Fsp3) is 0.391. The highest BCUT2D eigenvalue weighted by atomic mass is 32.2. The Hall–Kier alpha value is -3.31. The number of hydrogen-bond donors (Lipinski definition) is 0. The molecule has 0 aromatic heterocycles. The Balaban J connectivity index is 1.26. The number of carbonyl (C=O) groups is 2. The first-order valence-electron chi connectivity index (χ1n) is 11.1. The third kappa shape index (κ3) is 4.05. The van der Waals surface area contributed by atoms with Crippen molar-refractivity contribution in [3.05, 3.63) is 42.5 Å². The van der Waals surface area contributed by atoms with E-state index < -0.39 is 16.1 Å². The molecule has 2 amide bonds. The van der Waals surface area contributed by atoms with Gasteiger partial charge in [-0.3, -0.25) is 9.59 Å². The molecule has 10 nitrogen and oxygen atoms in total. The molecule has 2 aromatic rings. The maximum Gasteiger partial charge on any atom is 0.265 e. The second-order valence-corrected chi connectivity index (χ2v) is 10.2. The summed E-state index contributed by atoms with van der Waals surface area (Å²) in [5, 5.41) is 0. The molecule has 1 atom stereocenters. The Morgan fingerprint density at radius 1 is 0.912 bits per heavy atom. The van der Waals surface area contributed by atoms with Crippen molar-refractivity contribution in [2.45, 2.75) is 17.9 Å². The van der Waals surface area contributed by atoms with Crippen LogP contribution < -0.4 is 19.1 Å². The van der Waals surface area contributed by atoms with Gasteiger partial charge in [0.2, 0.25) is 15.9 Å². The molecule has 0 N–H and O–H groups in total. The molecule has 0 aliphatic carbocycles. The summed E-state index contributed by atoms with van der Waals surface area (Å²) in [6.45, 7) is 3.12. The van der Waals surface area contributed by atoms with Gasteiger partial charge in [0.25, 0.3) is 5.91 Å². The van der Waals surface area contributed by atoms with E-state index in [-0.39, 0.29) is 49.4 Å². The fourth-order valence-electron chi connectivity index (χ4n) is 4.35. The predicted molar refractivity (Wildman–Crippen MR) is 122 cm³/mol. The van der Waals surface area contributed by atoms with E-state index in [4.69, 9.17) is 14.2 Å². The van der Waals surface area contributed by atoms with Crippen LogP contribution in [0.2, 0.25) is 0 Å². The van der Waals surface area contributed by atoms with Crippen LogP contribution in [0.3, 0.4) is 0 Å². The molecule has 1 fully saturated rings. The highest BCUT2D eigenvalue weighted by Crippen LogP contribution is 2.35. The number of amides is 2. The SMILES string of the molecule is CC(=O)N1CC(C(=O)N2CCN(S(=O)(=O)c3ccc4c(c3)OCCO4)CC2)Oc2ccccc21. The lowest BCUT2D eigenvalue weighted by atomic mass is 10.1. The molecule has 11 heteroatoms. The van der Waals surface area contributed by atoms with Crippen LogP contribution in [0.5, 0.6) is 17.2 Å². The van der Waals surface area contributed by atoms with Crippen molar-refractivity contribution in [2.24, 2.45) is 0 Å². The standard InChI is InChI=1S/C23H25N3O7S/c1-16(27)26-15-22(33-19-5-3-2-4-18(19)26)23(28)24-8-10-25(11-9-24)34(29,30)17-6-7-20-21(14-17)32-13-12-31-20/h2-7,14,22H,8-13,15H2,1H3. The van der Waals surface area contributed by atoms with E-state index in [1.54, 1.807) is 29.2 Å². The van der Waals surface area contributed by atoms with Crippen molar-refractivity contribution in [1.82, 2.24) is 9.21 Å². The molecule has 0 saturated carbocycles. The van der Waals surface area contributed by atoms with Crippen LogP contribution in [-0.4, -0.2) is 81.5 Å². The third-order valence-corrected chi connectivity index (χ3v) is 8.03. The van der Waals surface area contributed by atoms with Crippen molar-refractivity contribution in [3.8, 4) is 17.2 Å². The molecule has 2 aromatic carbocycles. The smallest absolute Gasteiger partial charge is 0.265 e. The van der Waals surface area contributed by atoms with Gasteiger partial charge in [-0.25, -0.2) is 8.42 Å². The maximum atomic E-state index is 13.2. The van der Waals surface area contributed by atoms with E-state index in [0.29, 0.717) is 36.1 Å². The van der Waals surface area contributed by atoms with Gasteiger partial charge in [-0.05, 0) is 24.3 Å². The highest BCUT2D eigenvalue weighted by molar-refractivity contribution is 7.89. The molecular weight excluding hydrogens is 462 g/mol. The van der Waals surface area contributed by atoms with E-state index in [0.717, 1.165) is 0 Å². The van der Waals surface area contributed by atoms with Crippen molar-refractivity contribution in [3.63, 3.8) is 0 Å². The fourth-order valence-corrected chi connectivity index (χ4v) is 5.79. The van der Waals surface area contributed by atoms with E-state index in [1.165, 1.54) is 28.3 Å². The minimum atomic E-state index is -3.75. The summed E-state index contributed by atoms with van der Waals surface area (Å²) < 4.78 is 44.6. The molecule has 1 unspecified atom stereocenters. The number of benzene rings is 2. The van der Waals surface area contributed by atoms with Gasteiger partial charge in [0.1, 0.15) is 19.0 Å². The molecule has 1 saturated heterocycles. The Morgan fingerprint density at radius 2 is 1.62 bits per heavy atom. The van der Waals surface area contributed by atoms with Gasteiger partial charge >= 0.3 is 0 Å². The van der Waals surface area contributed by atoms with Crippen molar-refractivity contribution in [1.29, 1.82) is 0 Å². The first-order chi connectivity index (χ1) is 16.3. The van der Waals surface area contributed by atoms with E-state index in [9.17, 15) is 18.0 Å². The highest BCUT2D eigenvalue weighted by Gasteiger charge is 2.37. The predicted octanol–water partition coefficient (Wildman–Crippen LogP) is 1.10. The normalized spacial score (nSPS) is 20.3. The van der Waals surface area contributed by atoms with E-state index in [1.807, 2.05) is 6.07 Å². The Labute approximate surface area is 197 Å². The maximum absolute atomic E-state index is 13.2. The van der Waals surface area contributed by atoms with Crippen LogP contribution in [0.4, 0.5) is 5.69 Å². The van der Waals surface area contributed by atoms with Crippen LogP contribution in [0.1, 0.15) is 6.92 Å². The molecule has 3 aliphatic heterocycles. The number of fused-ring (bicyclic) bond motifs is 2. The lowest BCUT2D eigenvalue weighted by Crippen LogP contribution is -2.56. The van der Waals surface area contributed by atoms with Gasteiger partial charge in [0.05, 0.1) is 17.1 Å². The minimum absolute atomic E-state index is 0.112. The first-order valence-corrected chi connectivity index (χ1v) is 12.5. The first kappa shape index (κ1) is 22.5. The number of anilines is 1. The van der Waals surface area contributed by atoms with Gasteiger partial charge in [-0.15, -0.1) is 0 Å². The molecule has 180 valence electrons. The van der Waals surface area contributed by atoms with Gasteiger partial charge in [-0.2, -0.15) is 4.31 Å². The summed E-state index contributed by atoms with van der Waals surface area (Å²) in [7, 11) is -3.75. The summed E-state index contributed by atoms with van der Waals surface area (Å²) in [6.07, 6.45) is -0.847. The molecular formula is C23H25N3O7S. The van der Waals surface area contributed by atoms with E-state index >= 15 is 0 Å². The molecule has 3 heterocycles. The zero-order valence-electron chi connectivity index (χ0n) is 18.7. The molecule has 0 radical (unpaired) electrons. The van der Waals surface area contributed by atoms with Crippen molar-refractivity contribution in [2.75, 3.05) is 50.8 Å². The molecule has 5 rings (SSSR count). The molecule has 3 aliphatic rings. The Kier molecular flexibility index (Phi) is 5.82. The number of rotatable bonds is 3. The second-order valence-electron chi connectivity index (χ2n) is 8.24. The number of piperazine rings is 1. The molecule has 0 spiro atoms. The third-order valence-electron chi connectivity index (χ3n) is 6.13. The zero-order valence-corrected chi connectivity index (χ0v) is 19.5. The van der Waals surface area contributed by atoms with Crippen LogP contribution >= 0.6 is 0 Å². The zero-order chi connectivity index (χ0) is 23.9. The number of sulfonamides is 1. The molecule has 34 heavy (non-hydrogen) atoms. The van der Waals surface area contributed by atoms with Crippen LogP contribution in [0.25, 0.3) is 0 Å². The van der Waals surface area contributed by atoms with Crippen LogP contribution in [0, 0.1) is 0 Å². The average Bonchev–Trinajstić information content (AvgIpc) is 2.87. The second kappa shape index (κ2) is 8.80. The number of ether oxygens (including phenoxy) is 3. The summed E-state index contributed by atoms with van der Waals surface area (Å²) in [5.41, 5.74) is 0.634. The summed E-state index contributed by atoms with van der Waals surface area (Å²) in [6, 6.07) is 11.7. The number of nitrogens with zero attached hydrogens (tertiary/aromatic N) is 3. The Bertz CT molecular complexity index is 1220. The average molecular weight is 488 g/mol. The van der Waals surface area contributed by atoms with Gasteiger partial charge < -0.3 is 24.0 Å². The van der Waals surface area contributed by atoms with Gasteiger partial charge in [0, 0.05) is 39.2 Å². The minimum Gasteiger partial charge on any atom is -0.486 e. The lowest BCUT2D eigenvalue weighted by molar-refractivity contribution is -0.140. The van der Waals surface area contributed by atoms with Gasteiger partial charge in [0.15, 0.2) is 17.6 Å². The monoisotopic (exact) mass is 487 g/mol. The van der Waals surface area contributed by atoms with Crippen molar-refractivity contribution >= 4 is 27.5 Å². The molecule has 0 bridgehead atoms. The number of carbonyl (C=O) groups excluding carboxylic acids is 2. The lowest BCUT2D eigenvalue weighted by Gasteiger charge is -2.39. The summed E-state index contributed by atoms with van der Waals surface area (Å²) in [4.78, 5) is 28.6. The Morgan fingerprint density at radius 3 is 2.35 bits per heavy atom. The topological polar surface area (TPSA) is 106 Å². The van der Waals surface area contributed by atoms with Crippen LogP contribution in [0.15, 0.2) is 47.4 Å². The van der Waals surface area contributed by atoms with E-state index in [2.05, 4.69) is 0 Å².